The Labute approximate surface area is 204 Å². The van der Waals surface area contributed by atoms with Crippen LogP contribution < -0.4 is 10.6 Å². The van der Waals surface area contributed by atoms with Crippen molar-refractivity contribution in [1.29, 1.82) is 0 Å². The predicted octanol–water partition coefficient (Wildman–Crippen LogP) is 5.64. The number of ether oxygens (including phenoxy) is 2. The molecule has 0 aromatic heterocycles. The normalized spacial score (nSPS) is 12.2. The zero-order valence-electron chi connectivity index (χ0n) is 20.2. The molecule has 0 aliphatic rings. The second-order valence-electron chi connectivity index (χ2n) is 8.35. The van der Waals surface area contributed by atoms with Gasteiger partial charge in [0, 0.05) is 18.2 Å². The molecule has 2 aromatic rings. The first-order chi connectivity index (χ1) is 15.4. The molecule has 2 N–H and O–H groups in total. The molecule has 0 aliphatic carbocycles. The third-order valence-corrected chi connectivity index (χ3v) is 5.47. The molecule has 182 valence electrons. The molecular weight excluding hydrogens is 438 g/mol. The third-order valence-electron chi connectivity index (χ3n) is 5.47. The van der Waals surface area contributed by atoms with Gasteiger partial charge in [0.25, 0.3) is 5.91 Å². The number of nitrogens with two attached hydrogens (primary N) is 1. The van der Waals surface area contributed by atoms with Gasteiger partial charge >= 0.3 is 0 Å². The molecule has 0 fully saturated rings. The molecule has 1 atom stereocenters. The number of halogens is 1. The first-order valence-corrected chi connectivity index (χ1v) is 11.4. The summed E-state index contributed by atoms with van der Waals surface area (Å²) in [6, 6.07) is 17.1. The van der Waals surface area contributed by atoms with E-state index in [-0.39, 0.29) is 24.4 Å². The first-order valence-electron chi connectivity index (χ1n) is 11.4. The van der Waals surface area contributed by atoms with Gasteiger partial charge in [0.05, 0.1) is 12.8 Å². The van der Waals surface area contributed by atoms with Gasteiger partial charge in [0.2, 0.25) is 0 Å². The number of rotatable bonds is 13. The molecule has 2 rings (SSSR count). The van der Waals surface area contributed by atoms with Gasteiger partial charge in [0.1, 0.15) is 11.5 Å². The summed E-state index contributed by atoms with van der Waals surface area (Å²) < 4.78 is 12.0. The van der Waals surface area contributed by atoms with E-state index in [1.807, 2.05) is 73.3 Å². The maximum Gasteiger partial charge on any atom is 0.256 e. The number of nitrogens with zero attached hydrogens (tertiary/aromatic N) is 2. The van der Waals surface area contributed by atoms with Crippen LogP contribution in [0.5, 0.6) is 5.75 Å². The van der Waals surface area contributed by atoms with Gasteiger partial charge in [-0.25, -0.2) is 0 Å². The minimum atomic E-state index is -0.687. The summed E-state index contributed by atoms with van der Waals surface area (Å²) in [5.41, 5.74) is 0.940. The van der Waals surface area contributed by atoms with Crippen molar-refractivity contribution in [1.82, 2.24) is 4.90 Å². The number of hydrogen-bond acceptors (Lipinski definition) is 5. The summed E-state index contributed by atoms with van der Waals surface area (Å²) in [6.45, 7) is 9.35. The average molecular weight is 476 g/mol. The van der Waals surface area contributed by atoms with Gasteiger partial charge in [-0.3, -0.25) is 4.79 Å². The number of hydrazone groups is 1. The molecule has 0 radical (unpaired) electrons. The number of unbranched alkanes of at least 4 members (excludes halogenated alkanes) is 2. The zero-order chi connectivity index (χ0) is 23.4. The second-order valence-corrected chi connectivity index (χ2v) is 8.35. The van der Waals surface area contributed by atoms with Crippen LogP contribution in [0.25, 0.3) is 0 Å². The Morgan fingerprint density at radius 2 is 1.70 bits per heavy atom. The molecule has 0 saturated heterocycles. The van der Waals surface area contributed by atoms with Crippen LogP contribution in [0.4, 0.5) is 0 Å². The van der Waals surface area contributed by atoms with Crippen molar-refractivity contribution in [2.24, 2.45) is 10.9 Å². The predicted molar refractivity (Wildman–Crippen MR) is 137 cm³/mol. The van der Waals surface area contributed by atoms with Gasteiger partial charge in [-0.05, 0) is 88.4 Å². The number of amides is 1. The Bertz CT molecular complexity index is 842. The monoisotopic (exact) mass is 475 g/mol. The summed E-state index contributed by atoms with van der Waals surface area (Å²) in [4.78, 5) is 15.0. The maximum atomic E-state index is 13.2. The Morgan fingerprint density at radius 3 is 2.30 bits per heavy atom. The zero-order valence-corrected chi connectivity index (χ0v) is 21.0. The van der Waals surface area contributed by atoms with Crippen LogP contribution in [0.15, 0.2) is 59.7 Å². The SMILES string of the molecule is CCC(C)N(C(=O)c1ccccc1)C(C)(C)OCCCCCOc1ccc(/C=N/N)cc1.Cl. The molecule has 7 heteroatoms. The number of benzene rings is 2. The molecular formula is C26H38ClN3O3. The molecule has 0 aliphatic heterocycles. The largest absolute Gasteiger partial charge is 0.494 e. The fourth-order valence-electron chi connectivity index (χ4n) is 3.58. The van der Waals surface area contributed by atoms with E-state index in [0.29, 0.717) is 18.8 Å². The van der Waals surface area contributed by atoms with Gasteiger partial charge in [-0.1, -0.05) is 25.1 Å². The van der Waals surface area contributed by atoms with E-state index in [4.69, 9.17) is 15.3 Å². The van der Waals surface area contributed by atoms with E-state index in [0.717, 1.165) is 37.0 Å². The first kappa shape index (κ1) is 28.5. The van der Waals surface area contributed by atoms with Crippen LogP contribution in [0.2, 0.25) is 0 Å². The quantitative estimate of drug-likeness (QED) is 0.134. The molecule has 0 heterocycles. The van der Waals surface area contributed by atoms with Crippen molar-refractivity contribution in [3.63, 3.8) is 0 Å². The van der Waals surface area contributed by atoms with Crippen LogP contribution in [0, 0.1) is 0 Å². The van der Waals surface area contributed by atoms with Gasteiger partial charge < -0.3 is 20.2 Å². The van der Waals surface area contributed by atoms with Crippen molar-refractivity contribution in [3.8, 4) is 5.75 Å². The average Bonchev–Trinajstić information content (AvgIpc) is 2.80. The summed E-state index contributed by atoms with van der Waals surface area (Å²) in [5, 5.41) is 3.51. The lowest BCUT2D eigenvalue weighted by molar-refractivity contribution is -0.126. The van der Waals surface area contributed by atoms with Crippen molar-refractivity contribution < 1.29 is 14.3 Å². The van der Waals surface area contributed by atoms with Crippen molar-refractivity contribution in [3.05, 3.63) is 65.7 Å². The lowest BCUT2D eigenvalue weighted by atomic mass is 10.1. The Morgan fingerprint density at radius 1 is 1.06 bits per heavy atom. The van der Waals surface area contributed by atoms with E-state index in [1.54, 1.807) is 6.21 Å². The van der Waals surface area contributed by atoms with E-state index in [2.05, 4.69) is 18.9 Å². The van der Waals surface area contributed by atoms with Gasteiger partial charge in [0.15, 0.2) is 0 Å². The third kappa shape index (κ3) is 9.06. The maximum absolute atomic E-state index is 13.2. The molecule has 0 saturated carbocycles. The molecule has 33 heavy (non-hydrogen) atoms. The second kappa shape index (κ2) is 14.6. The highest BCUT2D eigenvalue weighted by molar-refractivity contribution is 5.94. The standard InChI is InChI=1S/C26H37N3O3.ClH/c1-5-21(2)29(25(30)23-12-8-6-9-13-23)26(3,4)32-19-11-7-10-18-31-24-16-14-22(15-17-24)20-28-27;/h6,8-9,12-17,20-21H,5,7,10-11,18-19,27H2,1-4H3;1H/b28-20+;. The Balaban J connectivity index is 0.00000544. The van der Waals surface area contributed by atoms with Crippen LogP contribution in [0.3, 0.4) is 0 Å². The van der Waals surface area contributed by atoms with Crippen molar-refractivity contribution in [2.45, 2.75) is 65.1 Å². The lowest BCUT2D eigenvalue weighted by Crippen LogP contribution is -2.53. The fourth-order valence-corrected chi connectivity index (χ4v) is 3.58. The minimum absolute atomic E-state index is 0. The van der Waals surface area contributed by atoms with Gasteiger partial charge in [-0.15, -0.1) is 12.4 Å². The molecule has 2 aromatic carbocycles. The Hall–Kier alpha value is -2.57. The molecule has 0 spiro atoms. The van der Waals surface area contributed by atoms with Crippen molar-refractivity contribution >= 4 is 24.5 Å². The van der Waals surface area contributed by atoms with E-state index >= 15 is 0 Å². The van der Waals surface area contributed by atoms with Gasteiger partial charge in [-0.2, -0.15) is 5.10 Å². The highest BCUT2D eigenvalue weighted by Gasteiger charge is 2.35. The molecule has 0 bridgehead atoms. The van der Waals surface area contributed by atoms with Crippen LogP contribution in [0.1, 0.15) is 69.3 Å². The lowest BCUT2D eigenvalue weighted by Gasteiger charge is -2.42. The number of carbonyl (C=O) groups is 1. The number of hydrogen-bond donors (Lipinski definition) is 1. The summed E-state index contributed by atoms with van der Waals surface area (Å²) >= 11 is 0. The fraction of sp³-hybridized carbons (Fsp3) is 0.462. The summed E-state index contributed by atoms with van der Waals surface area (Å²) in [5.74, 6) is 5.99. The van der Waals surface area contributed by atoms with E-state index < -0.39 is 5.72 Å². The Kier molecular flexibility index (Phi) is 12.6. The summed E-state index contributed by atoms with van der Waals surface area (Å²) in [7, 11) is 0. The van der Waals surface area contributed by atoms with E-state index in [9.17, 15) is 4.79 Å². The van der Waals surface area contributed by atoms with Crippen LogP contribution in [-0.4, -0.2) is 42.0 Å². The van der Waals surface area contributed by atoms with Crippen LogP contribution >= 0.6 is 12.4 Å². The number of carbonyl (C=O) groups excluding carboxylic acids is 1. The smallest absolute Gasteiger partial charge is 0.256 e. The highest BCUT2D eigenvalue weighted by Crippen LogP contribution is 2.24. The van der Waals surface area contributed by atoms with E-state index in [1.165, 1.54) is 0 Å². The highest BCUT2D eigenvalue weighted by atomic mass is 35.5. The molecule has 6 nitrogen and oxygen atoms in total. The van der Waals surface area contributed by atoms with Crippen molar-refractivity contribution in [2.75, 3.05) is 13.2 Å². The van der Waals surface area contributed by atoms with Crippen LogP contribution in [-0.2, 0) is 4.74 Å². The summed E-state index contributed by atoms with van der Waals surface area (Å²) in [6.07, 6.45) is 5.30. The topological polar surface area (TPSA) is 77.2 Å². The minimum Gasteiger partial charge on any atom is -0.494 e. The molecule has 1 amide bonds. The molecule has 1 unspecified atom stereocenters.